The van der Waals surface area contributed by atoms with Gasteiger partial charge in [-0.05, 0) is 37.5 Å². The van der Waals surface area contributed by atoms with Gasteiger partial charge in [-0.3, -0.25) is 4.98 Å². The van der Waals surface area contributed by atoms with Crippen LogP contribution < -0.4 is 10.6 Å². The number of nitrogens with one attached hydrogen (secondary N) is 2. The summed E-state index contributed by atoms with van der Waals surface area (Å²) in [6, 6.07) is 5.69. The van der Waals surface area contributed by atoms with Crippen LogP contribution in [0.5, 0.6) is 0 Å². The first-order valence-corrected chi connectivity index (χ1v) is 10.7. The molecule has 0 saturated heterocycles. The number of anilines is 3. The van der Waals surface area contributed by atoms with Crippen molar-refractivity contribution in [3.05, 3.63) is 42.0 Å². The standard InChI is InChI=1S/C21H18F5N9/c22-20(23)4-1-13(10-20)30-17-31-16(29-12-2-7-28-15(9-12)19(11-27)5-6-19)32-18(33-17)35-8-3-14(34-35)21(24,25)26/h2-3,7-9,13H,1,4-6,10H2,(H2,28,29,30,31,32,33)/t13-/m0/s1. The van der Waals surface area contributed by atoms with Gasteiger partial charge in [-0.2, -0.15) is 38.5 Å². The molecule has 5 rings (SSSR count). The Morgan fingerprint density at radius 2 is 1.86 bits per heavy atom. The monoisotopic (exact) mass is 491 g/mol. The average molecular weight is 491 g/mol. The van der Waals surface area contributed by atoms with E-state index in [4.69, 9.17) is 0 Å². The summed E-state index contributed by atoms with van der Waals surface area (Å²) in [6.45, 7) is 0. The van der Waals surface area contributed by atoms with Crippen LogP contribution in [0.4, 0.5) is 39.5 Å². The summed E-state index contributed by atoms with van der Waals surface area (Å²) in [5, 5.41) is 18.7. The molecular formula is C21H18F5N9. The van der Waals surface area contributed by atoms with E-state index in [1.54, 1.807) is 12.1 Å². The normalized spacial score (nSPS) is 20.3. The van der Waals surface area contributed by atoms with Crippen LogP contribution in [-0.4, -0.2) is 41.7 Å². The van der Waals surface area contributed by atoms with Gasteiger partial charge in [0.15, 0.2) is 5.69 Å². The van der Waals surface area contributed by atoms with E-state index in [1.807, 2.05) is 0 Å². The fraction of sp³-hybridized carbons (Fsp3) is 0.429. The van der Waals surface area contributed by atoms with Gasteiger partial charge in [-0.1, -0.05) is 0 Å². The first-order valence-electron chi connectivity index (χ1n) is 10.7. The van der Waals surface area contributed by atoms with Crippen molar-refractivity contribution < 1.29 is 22.0 Å². The van der Waals surface area contributed by atoms with Crippen molar-refractivity contribution in [2.75, 3.05) is 10.6 Å². The lowest BCUT2D eigenvalue weighted by molar-refractivity contribution is -0.141. The summed E-state index contributed by atoms with van der Waals surface area (Å²) >= 11 is 0. The number of alkyl halides is 5. The van der Waals surface area contributed by atoms with E-state index in [2.05, 4.69) is 41.7 Å². The van der Waals surface area contributed by atoms with Gasteiger partial charge in [-0.25, -0.2) is 13.5 Å². The van der Waals surface area contributed by atoms with Gasteiger partial charge in [0.1, 0.15) is 0 Å². The molecule has 1 atom stereocenters. The summed E-state index contributed by atoms with van der Waals surface area (Å²) in [6.07, 6.45) is -1.25. The SMILES string of the molecule is N#CC1(c2cc(Nc3nc(N[C@H]4CCC(F)(F)C4)nc(-n4ccc(C(F)(F)F)n4)n3)ccn2)CC1. The predicted octanol–water partition coefficient (Wildman–Crippen LogP) is 4.37. The van der Waals surface area contributed by atoms with Crippen LogP contribution >= 0.6 is 0 Å². The maximum Gasteiger partial charge on any atom is 0.435 e. The van der Waals surface area contributed by atoms with Crippen molar-refractivity contribution in [1.29, 1.82) is 5.26 Å². The summed E-state index contributed by atoms with van der Waals surface area (Å²) in [7, 11) is 0. The number of hydrogen-bond donors (Lipinski definition) is 2. The van der Waals surface area contributed by atoms with Gasteiger partial charge in [0.25, 0.3) is 5.95 Å². The molecule has 2 aliphatic carbocycles. The molecule has 2 N–H and O–H groups in total. The van der Waals surface area contributed by atoms with Crippen molar-refractivity contribution >= 4 is 17.6 Å². The second kappa shape index (κ2) is 8.10. The minimum atomic E-state index is -4.66. The molecule has 0 aliphatic heterocycles. The number of pyridine rings is 1. The fourth-order valence-corrected chi connectivity index (χ4v) is 3.88. The molecule has 0 radical (unpaired) electrons. The molecule has 3 heterocycles. The van der Waals surface area contributed by atoms with Crippen LogP contribution in [0.15, 0.2) is 30.6 Å². The summed E-state index contributed by atoms with van der Waals surface area (Å²) in [5.74, 6) is -3.19. The van der Waals surface area contributed by atoms with Gasteiger partial charge < -0.3 is 10.6 Å². The van der Waals surface area contributed by atoms with Crippen molar-refractivity contribution in [2.24, 2.45) is 0 Å². The van der Waals surface area contributed by atoms with E-state index in [9.17, 15) is 27.2 Å². The van der Waals surface area contributed by atoms with Crippen LogP contribution in [-0.2, 0) is 11.6 Å². The largest absolute Gasteiger partial charge is 0.435 e. The maximum absolute atomic E-state index is 13.6. The van der Waals surface area contributed by atoms with Crippen LogP contribution in [0.3, 0.4) is 0 Å². The van der Waals surface area contributed by atoms with E-state index in [0.29, 0.717) is 24.2 Å². The highest BCUT2D eigenvalue weighted by atomic mass is 19.4. The zero-order chi connectivity index (χ0) is 24.8. The molecule has 2 saturated carbocycles. The summed E-state index contributed by atoms with van der Waals surface area (Å²) < 4.78 is 67.2. The second-order valence-corrected chi connectivity index (χ2v) is 8.61. The molecular weight excluding hydrogens is 473 g/mol. The van der Waals surface area contributed by atoms with E-state index in [1.165, 1.54) is 6.20 Å². The predicted molar refractivity (Wildman–Crippen MR) is 112 cm³/mol. The first kappa shape index (κ1) is 22.9. The molecule has 35 heavy (non-hydrogen) atoms. The maximum atomic E-state index is 13.6. The Hall–Kier alpha value is -3.89. The highest BCUT2D eigenvalue weighted by Crippen LogP contribution is 2.47. The van der Waals surface area contributed by atoms with Crippen molar-refractivity contribution in [1.82, 2.24) is 29.7 Å². The number of nitrogens with zero attached hydrogens (tertiary/aromatic N) is 7. The van der Waals surface area contributed by atoms with Crippen molar-refractivity contribution in [3.63, 3.8) is 0 Å². The molecule has 3 aromatic heterocycles. The van der Waals surface area contributed by atoms with Gasteiger partial charge in [0.05, 0.1) is 17.2 Å². The van der Waals surface area contributed by atoms with Crippen LogP contribution in [0.1, 0.15) is 43.5 Å². The van der Waals surface area contributed by atoms with E-state index < -0.39 is 35.7 Å². The number of aromatic nitrogens is 6. The Morgan fingerprint density at radius 3 is 2.49 bits per heavy atom. The molecule has 14 heteroatoms. The highest BCUT2D eigenvalue weighted by Gasteiger charge is 2.46. The van der Waals surface area contributed by atoms with Crippen LogP contribution in [0.25, 0.3) is 5.95 Å². The Balaban J connectivity index is 1.47. The van der Waals surface area contributed by atoms with Crippen LogP contribution in [0.2, 0.25) is 0 Å². The van der Waals surface area contributed by atoms with E-state index in [0.717, 1.165) is 16.9 Å². The first-order chi connectivity index (χ1) is 16.6. The number of hydrogen-bond acceptors (Lipinski definition) is 8. The second-order valence-electron chi connectivity index (χ2n) is 8.61. The molecule has 0 unspecified atom stereocenters. The Bertz CT molecular complexity index is 1290. The minimum absolute atomic E-state index is 0.0507. The van der Waals surface area contributed by atoms with Crippen molar-refractivity contribution in [2.45, 2.75) is 55.7 Å². The Labute approximate surface area is 195 Å². The fourth-order valence-electron chi connectivity index (χ4n) is 3.88. The van der Waals surface area contributed by atoms with E-state index in [-0.39, 0.29) is 30.7 Å². The summed E-state index contributed by atoms with van der Waals surface area (Å²) in [5.41, 5.74) is -0.704. The zero-order valence-corrected chi connectivity index (χ0v) is 18.0. The zero-order valence-electron chi connectivity index (χ0n) is 18.0. The third-order valence-electron chi connectivity index (χ3n) is 5.92. The van der Waals surface area contributed by atoms with Gasteiger partial charge in [0, 0.05) is 37.0 Å². The quantitative estimate of drug-likeness (QED) is 0.489. The highest BCUT2D eigenvalue weighted by molar-refractivity contribution is 5.56. The molecule has 0 aromatic carbocycles. The molecule has 0 amide bonds. The van der Waals surface area contributed by atoms with Crippen molar-refractivity contribution in [3.8, 4) is 12.0 Å². The molecule has 0 bridgehead atoms. The lowest BCUT2D eigenvalue weighted by Gasteiger charge is -2.15. The smallest absolute Gasteiger partial charge is 0.351 e. The average Bonchev–Trinajstić information content (AvgIpc) is 3.28. The lowest BCUT2D eigenvalue weighted by Crippen LogP contribution is -2.21. The van der Waals surface area contributed by atoms with E-state index >= 15 is 0 Å². The van der Waals surface area contributed by atoms with Gasteiger partial charge in [0.2, 0.25) is 17.8 Å². The molecule has 3 aromatic rings. The molecule has 2 aliphatic rings. The lowest BCUT2D eigenvalue weighted by atomic mass is 10.0. The summed E-state index contributed by atoms with van der Waals surface area (Å²) in [4.78, 5) is 16.7. The molecule has 0 spiro atoms. The van der Waals surface area contributed by atoms with Gasteiger partial charge >= 0.3 is 6.18 Å². The minimum Gasteiger partial charge on any atom is -0.351 e. The molecule has 9 nitrogen and oxygen atoms in total. The van der Waals surface area contributed by atoms with Crippen LogP contribution in [0, 0.1) is 11.3 Å². The third kappa shape index (κ3) is 4.84. The Morgan fingerprint density at radius 1 is 1.09 bits per heavy atom. The number of halogens is 5. The topological polar surface area (TPSA) is 117 Å². The molecule has 182 valence electrons. The van der Waals surface area contributed by atoms with Gasteiger partial charge in [-0.15, -0.1) is 0 Å². The number of nitriles is 1. The number of rotatable bonds is 6. The third-order valence-corrected chi connectivity index (χ3v) is 5.92. The molecule has 2 fully saturated rings. The Kier molecular flexibility index (Phi) is 5.30.